The van der Waals surface area contributed by atoms with Crippen molar-refractivity contribution in [1.82, 2.24) is 10.2 Å². The molecule has 6 heteroatoms. The molecule has 2 saturated heterocycles. The average molecular weight is 377 g/mol. The van der Waals surface area contributed by atoms with Gasteiger partial charge in [0.05, 0.1) is 12.3 Å². The summed E-state index contributed by atoms with van der Waals surface area (Å²) in [6.45, 7) is 2.94. The van der Waals surface area contributed by atoms with Gasteiger partial charge in [-0.25, -0.2) is 0 Å². The number of rotatable bonds is 3. The number of likely N-dealkylation sites (tertiary alicyclic amines) is 1. The first kappa shape index (κ1) is 18.2. The van der Waals surface area contributed by atoms with E-state index in [0.717, 1.165) is 11.1 Å². The highest BCUT2D eigenvalue weighted by molar-refractivity contribution is 6.08. The van der Waals surface area contributed by atoms with Crippen LogP contribution in [0.5, 0.6) is 0 Å². The van der Waals surface area contributed by atoms with Gasteiger partial charge in [0.15, 0.2) is 0 Å². The Hall–Kier alpha value is -3.15. The maximum absolute atomic E-state index is 13.3. The molecule has 0 aromatic heterocycles. The first-order valence-corrected chi connectivity index (χ1v) is 9.40. The summed E-state index contributed by atoms with van der Waals surface area (Å²) < 4.78 is 0. The molecule has 1 unspecified atom stereocenters. The van der Waals surface area contributed by atoms with Crippen LogP contribution in [0.15, 0.2) is 53.7 Å². The molecular formula is C22H23N3O3. The Balaban J connectivity index is 1.64. The van der Waals surface area contributed by atoms with E-state index in [9.17, 15) is 9.59 Å². The Kier molecular flexibility index (Phi) is 4.63. The SMILES string of the molecule is CO/N=C1/CN(C(=O)c2ccc(-c3ccccc3C)cc2)C2(CCNC2=O)C1. The molecule has 1 spiro atoms. The van der Waals surface area contributed by atoms with Crippen molar-refractivity contribution in [3.63, 3.8) is 0 Å². The molecule has 144 valence electrons. The summed E-state index contributed by atoms with van der Waals surface area (Å²) in [5.41, 5.74) is 3.81. The number of nitrogens with zero attached hydrogens (tertiary/aromatic N) is 2. The number of nitrogens with one attached hydrogen (secondary N) is 1. The van der Waals surface area contributed by atoms with Crippen LogP contribution in [0, 0.1) is 6.92 Å². The summed E-state index contributed by atoms with van der Waals surface area (Å²) in [6, 6.07) is 15.7. The molecule has 28 heavy (non-hydrogen) atoms. The molecule has 4 rings (SSSR count). The quantitative estimate of drug-likeness (QED) is 0.836. The van der Waals surface area contributed by atoms with E-state index >= 15 is 0 Å². The number of hydrogen-bond donors (Lipinski definition) is 1. The minimum absolute atomic E-state index is 0.112. The highest BCUT2D eigenvalue weighted by Crippen LogP contribution is 2.36. The Morgan fingerprint density at radius 3 is 2.57 bits per heavy atom. The predicted molar refractivity (Wildman–Crippen MR) is 107 cm³/mol. The first-order chi connectivity index (χ1) is 13.5. The van der Waals surface area contributed by atoms with E-state index < -0.39 is 5.54 Å². The van der Waals surface area contributed by atoms with Crippen molar-refractivity contribution >= 4 is 17.5 Å². The zero-order chi connectivity index (χ0) is 19.7. The average Bonchev–Trinajstić information content (AvgIpc) is 3.26. The Morgan fingerprint density at radius 2 is 1.93 bits per heavy atom. The van der Waals surface area contributed by atoms with Gasteiger partial charge in [0.2, 0.25) is 5.91 Å². The molecule has 6 nitrogen and oxygen atoms in total. The summed E-state index contributed by atoms with van der Waals surface area (Å²) in [7, 11) is 1.48. The van der Waals surface area contributed by atoms with Crippen LogP contribution in [0.1, 0.15) is 28.8 Å². The lowest BCUT2D eigenvalue weighted by atomic mass is 9.93. The molecule has 0 saturated carbocycles. The minimum atomic E-state index is -0.858. The molecule has 0 bridgehead atoms. The lowest BCUT2D eigenvalue weighted by Crippen LogP contribution is -2.52. The van der Waals surface area contributed by atoms with Crippen molar-refractivity contribution in [1.29, 1.82) is 0 Å². The van der Waals surface area contributed by atoms with Crippen LogP contribution < -0.4 is 5.32 Å². The van der Waals surface area contributed by atoms with Gasteiger partial charge in [-0.3, -0.25) is 9.59 Å². The van der Waals surface area contributed by atoms with Crippen LogP contribution in [0.4, 0.5) is 0 Å². The van der Waals surface area contributed by atoms with E-state index in [0.29, 0.717) is 37.2 Å². The van der Waals surface area contributed by atoms with Gasteiger partial charge < -0.3 is 15.1 Å². The van der Waals surface area contributed by atoms with E-state index in [-0.39, 0.29) is 11.8 Å². The van der Waals surface area contributed by atoms with Crippen LogP contribution >= 0.6 is 0 Å². The summed E-state index contributed by atoms with van der Waals surface area (Å²) in [5, 5.41) is 6.87. The molecule has 2 aromatic carbocycles. The number of benzene rings is 2. The topological polar surface area (TPSA) is 71.0 Å². The lowest BCUT2D eigenvalue weighted by molar-refractivity contribution is -0.127. The molecule has 0 aliphatic carbocycles. The fourth-order valence-corrected chi connectivity index (χ4v) is 4.21. The zero-order valence-corrected chi connectivity index (χ0v) is 16.1. The fourth-order valence-electron chi connectivity index (χ4n) is 4.21. The van der Waals surface area contributed by atoms with E-state index in [2.05, 4.69) is 29.5 Å². The van der Waals surface area contributed by atoms with E-state index in [1.807, 2.05) is 36.4 Å². The molecule has 2 heterocycles. The van der Waals surface area contributed by atoms with Crippen molar-refractivity contribution in [2.45, 2.75) is 25.3 Å². The number of aryl methyl sites for hydroxylation is 1. The number of carbonyl (C=O) groups excluding carboxylic acids is 2. The van der Waals surface area contributed by atoms with E-state index in [1.165, 1.54) is 12.7 Å². The standard InChI is InChI=1S/C22H23N3O3/c1-15-5-3-4-6-19(15)16-7-9-17(10-8-16)20(26)25-14-18(24-28-2)13-22(25)11-12-23-21(22)27/h3-10H,11-14H2,1-2H3,(H,23,27)/b24-18+. The van der Waals surface area contributed by atoms with Crippen LogP contribution in [-0.4, -0.2) is 48.2 Å². The minimum Gasteiger partial charge on any atom is -0.399 e. The van der Waals surface area contributed by atoms with Gasteiger partial charge in [-0.2, -0.15) is 0 Å². The van der Waals surface area contributed by atoms with Gasteiger partial charge in [-0.05, 0) is 42.2 Å². The van der Waals surface area contributed by atoms with Crippen molar-refractivity contribution < 1.29 is 14.4 Å². The molecule has 2 amide bonds. The third-order valence-corrected chi connectivity index (χ3v) is 5.65. The van der Waals surface area contributed by atoms with Gasteiger partial charge in [-0.15, -0.1) is 0 Å². The van der Waals surface area contributed by atoms with Gasteiger partial charge in [0, 0.05) is 18.5 Å². The molecule has 1 N–H and O–H groups in total. The zero-order valence-electron chi connectivity index (χ0n) is 16.1. The maximum atomic E-state index is 13.3. The highest BCUT2D eigenvalue weighted by atomic mass is 16.6. The second-order valence-corrected chi connectivity index (χ2v) is 7.34. The maximum Gasteiger partial charge on any atom is 0.255 e. The third kappa shape index (κ3) is 2.95. The Morgan fingerprint density at radius 1 is 1.18 bits per heavy atom. The Labute approximate surface area is 164 Å². The number of oxime groups is 1. The van der Waals surface area contributed by atoms with Crippen molar-refractivity contribution in [2.75, 3.05) is 20.2 Å². The van der Waals surface area contributed by atoms with Crippen LogP contribution in [0.25, 0.3) is 11.1 Å². The first-order valence-electron chi connectivity index (χ1n) is 9.40. The number of amides is 2. The fraction of sp³-hybridized carbons (Fsp3) is 0.318. The molecule has 2 fully saturated rings. The number of hydrogen-bond acceptors (Lipinski definition) is 4. The summed E-state index contributed by atoms with van der Waals surface area (Å²) in [6.07, 6.45) is 1.00. The molecule has 2 aliphatic heterocycles. The van der Waals surface area contributed by atoms with Crippen molar-refractivity contribution in [3.8, 4) is 11.1 Å². The largest absolute Gasteiger partial charge is 0.399 e. The Bertz CT molecular complexity index is 952. The lowest BCUT2D eigenvalue weighted by Gasteiger charge is -2.31. The molecular weight excluding hydrogens is 354 g/mol. The van der Waals surface area contributed by atoms with Gasteiger partial charge in [-0.1, -0.05) is 41.6 Å². The number of carbonyl (C=O) groups is 2. The molecule has 0 radical (unpaired) electrons. The van der Waals surface area contributed by atoms with Crippen LogP contribution in [-0.2, 0) is 9.63 Å². The summed E-state index contributed by atoms with van der Waals surface area (Å²) >= 11 is 0. The monoisotopic (exact) mass is 377 g/mol. The normalized spacial score (nSPS) is 22.7. The van der Waals surface area contributed by atoms with Crippen molar-refractivity contribution in [3.05, 3.63) is 59.7 Å². The van der Waals surface area contributed by atoms with E-state index in [4.69, 9.17) is 4.84 Å². The smallest absolute Gasteiger partial charge is 0.255 e. The van der Waals surface area contributed by atoms with Gasteiger partial charge in [0.25, 0.3) is 5.91 Å². The predicted octanol–water partition coefficient (Wildman–Crippen LogP) is 2.77. The summed E-state index contributed by atoms with van der Waals surface area (Å²) in [4.78, 5) is 32.4. The third-order valence-electron chi connectivity index (χ3n) is 5.65. The molecule has 2 aliphatic rings. The van der Waals surface area contributed by atoms with Gasteiger partial charge >= 0.3 is 0 Å². The second kappa shape index (κ2) is 7.11. The molecule has 2 aromatic rings. The van der Waals surface area contributed by atoms with Crippen LogP contribution in [0.2, 0.25) is 0 Å². The highest BCUT2D eigenvalue weighted by Gasteiger charge is 2.54. The molecule has 1 atom stereocenters. The van der Waals surface area contributed by atoms with E-state index in [1.54, 1.807) is 4.90 Å². The van der Waals surface area contributed by atoms with Crippen molar-refractivity contribution in [2.24, 2.45) is 5.16 Å². The van der Waals surface area contributed by atoms with Crippen LogP contribution in [0.3, 0.4) is 0 Å². The van der Waals surface area contributed by atoms with Gasteiger partial charge in [0.1, 0.15) is 12.6 Å². The summed E-state index contributed by atoms with van der Waals surface area (Å²) in [5.74, 6) is -0.270. The second-order valence-electron chi connectivity index (χ2n) is 7.34.